The van der Waals surface area contributed by atoms with Gasteiger partial charge in [0.2, 0.25) is 5.76 Å². The number of benzene rings is 1. The van der Waals surface area contributed by atoms with E-state index in [4.69, 9.17) is 16.0 Å². The summed E-state index contributed by atoms with van der Waals surface area (Å²) in [5.41, 5.74) is 0.181. The van der Waals surface area contributed by atoms with Crippen LogP contribution in [0, 0.1) is 10.1 Å². The maximum atomic E-state index is 11.7. The van der Waals surface area contributed by atoms with Crippen LogP contribution >= 0.6 is 11.6 Å². The largest absolute Gasteiger partial charge is 0.458 e. The van der Waals surface area contributed by atoms with Crippen LogP contribution in [0.4, 0.5) is 11.4 Å². The SMILES string of the molecule is O=C(Nc1cccc([N+](=O)[O-])c1)c1occc1Cl. The summed E-state index contributed by atoms with van der Waals surface area (Å²) in [7, 11) is 0. The molecule has 0 fully saturated rings. The molecule has 6 nitrogen and oxygen atoms in total. The number of furan rings is 1. The third-order valence-electron chi connectivity index (χ3n) is 2.14. The molecule has 0 saturated heterocycles. The summed E-state index contributed by atoms with van der Waals surface area (Å²) < 4.78 is 4.90. The van der Waals surface area contributed by atoms with E-state index in [2.05, 4.69) is 5.32 Å². The Morgan fingerprint density at radius 3 is 2.78 bits per heavy atom. The highest BCUT2D eigenvalue weighted by Gasteiger charge is 2.15. The number of non-ortho nitro benzene ring substituents is 1. The van der Waals surface area contributed by atoms with E-state index in [1.165, 1.54) is 36.6 Å². The number of rotatable bonds is 3. The Hall–Kier alpha value is -2.34. The molecule has 0 saturated carbocycles. The van der Waals surface area contributed by atoms with E-state index in [0.29, 0.717) is 5.69 Å². The molecule has 1 aromatic heterocycles. The Balaban J connectivity index is 2.20. The molecular formula is C11H7ClN2O4. The van der Waals surface area contributed by atoms with Crippen LogP contribution in [0.2, 0.25) is 5.02 Å². The minimum absolute atomic E-state index is 0.0387. The van der Waals surface area contributed by atoms with Gasteiger partial charge in [-0.05, 0) is 12.1 Å². The second-order valence-electron chi connectivity index (χ2n) is 3.36. The van der Waals surface area contributed by atoms with Crippen molar-refractivity contribution >= 4 is 28.9 Å². The van der Waals surface area contributed by atoms with Crippen LogP contribution in [0.15, 0.2) is 41.0 Å². The topological polar surface area (TPSA) is 85.4 Å². The lowest BCUT2D eigenvalue weighted by Crippen LogP contribution is -2.11. The summed E-state index contributed by atoms with van der Waals surface area (Å²) in [6.07, 6.45) is 1.28. The molecule has 0 atom stereocenters. The van der Waals surface area contributed by atoms with Crippen molar-refractivity contribution in [1.82, 2.24) is 0 Å². The van der Waals surface area contributed by atoms with Gasteiger partial charge in [-0.2, -0.15) is 0 Å². The average molecular weight is 267 g/mol. The summed E-state index contributed by atoms with van der Waals surface area (Å²) in [5, 5.41) is 13.2. The van der Waals surface area contributed by atoms with Gasteiger partial charge in [-0.1, -0.05) is 17.7 Å². The lowest BCUT2D eigenvalue weighted by molar-refractivity contribution is -0.384. The fourth-order valence-corrected chi connectivity index (χ4v) is 1.52. The van der Waals surface area contributed by atoms with Gasteiger partial charge in [0, 0.05) is 17.8 Å². The van der Waals surface area contributed by atoms with Gasteiger partial charge in [-0.3, -0.25) is 14.9 Å². The molecule has 18 heavy (non-hydrogen) atoms. The zero-order valence-electron chi connectivity index (χ0n) is 8.92. The van der Waals surface area contributed by atoms with E-state index in [0.717, 1.165) is 0 Å². The summed E-state index contributed by atoms with van der Waals surface area (Å²) >= 11 is 5.72. The lowest BCUT2D eigenvalue weighted by Gasteiger charge is -2.02. The molecule has 0 radical (unpaired) electrons. The number of nitrogens with zero attached hydrogens (tertiary/aromatic N) is 1. The summed E-state index contributed by atoms with van der Waals surface area (Å²) in [6.45, 7) is 0. The Morgan fingerprint density at radius 1 is 1.39 bits per heavy atom. The lowest BCUT2D eigenvalue weighted by atomic mass is 10.2. The molecule has 1 amide bonds. The van der Waals surface area contributed by atoms with E-state index in [9.17, 15) is 14.9 Å². The van der Waals surface area contributed by atoms with E-state index >= 15 is 0 Å². The molecule has 2 aromatic rings. The predicted octanol–water partition coefficient (Wildman–Crippen LogP) is 3.09. The third-order valence-corrected chi connectivity index (χ3v) is 2.44. The number of carbonyl (C=O) groups excluding carboxylic acids is 1. The van der Waals surface area contributed by atoms with Crippen LogP contribution in [-0.2, 0) is 0 Å². The summed E-state index contributed by atoms with van der Waals surface area (Å²) in [4.78, 5) is 21.7. The van der Waals surface area contributed by atoms with Gasteiger partial charge >= 0.3 is 0 Å². The normalized spacial score (nSPS) is 10.1. The van der Waals surface area contributed by atoms with Crippen molar-refractivity contribution in [1.29, 1.82) is 0 Å². The smallest absolute Gasteiger partial charge is 0.292 e. The maximum Gasteiger partial charge on any atom is 0.292 e. The molecule has 0 spiro atoms. The average Bonchev–Trinajstić information content (AvgIpc) is 2.76. The number of nitro benzene ring substituents is 1. The van der Waals surface area contributed by atoms with Crippen molar-refractivity contribution in [2.75, 3.05) is 5.32 Å². The van der Waals surface area contributed by atoms with Crippen LogP contribution in [0.1, 0.15) is 10.6 Å². The van der Waals surface area contributed by atoms with Crippen LogP contribution < -0.4 is 5.32 Å². The minimum atomic E-state index is -0.564. The number of anilines is 1. The van der Waals surface area contributed by atoms with Crippen LogP contribution in [0.5, 0.6) is 0 Å². The Morgan fingerprint density at radius 2 is 2.17 bits per heavy atom. The molecule has 0 aliphatic heterocycles. The molecule has 7 heteroatoms. The van der Waals surface area contributed by atoms with Crippen molar-refractivity contribution in [3.63, 3.8) is 0 Å². The molecule has 0 bridgehead atoms. The Bertz CT molecular complexity index is 609. The fraction of sp³-hybridized carbons (Fsp3) is 0. The van der Waals surface area contributed by atoms with Crippen molar-refractivity contribution in [3.8, 4) is 0 Å². The molecule has 0 aliphatic carbocycles. The molecular weight excluding hydrogens is 260 g/mol. The molecule has 0 unspecified atom stereocenters. The third kappa shape index (κ3) is 2.49. The van der Waals surface area contributed by atoms with Crippen LogP contribution in [0.3, 0.4) is 0 Å². The molecule has 1 aromatic carbocycles. The fourth-order valence-electron chi connectivity index (χ4n) is 1.34. The summed E-state index contributed by atoms with van der Waals surface area (Å²) in [5.74, 6) is -0.603. The first-order valence-electron chi connectivity index (χ1n) is 4.87. The predicted molar refractivity (Wildman–Crippen MR) is 64.8 cm³/mol. The molecule has 2 rings (SSSR count). The van der Waals surface area contributed by atoms with Crippen molar-refractivity contribution in [3.05, 3.63) is 57.5 Å². The maximum absolute atomic E-state index is 11.7. The standard InChI is InChI=1S/C11H7ClN2O4/c12-9-4-5-18-10(9)11(15)13-7-2-1-3-8(6-7)14(16)17/h1-6H,(H,13,15). The highest BCUT2D eigenvalue weighted by Crippen LogP contribution is 2.20. The summed E-state index contributed by atoms with van der Waals surface area (Å²) in [6, 6.07) is 7.01. The zero-order chi connectivity index (χ0) is 13.1. The molecule has 0 aliphatic rings. The van der Waals surface area contributed by atoms with Gasteiger partial charge in [0.15, 0.2) is 0 Å². The van der Waals surface area contributed by atoms with Gasteiger partial charge in [-0.25, -0.2) is 0 Å². The van der Waals surface area contributed by atoms with Crippen molar-refractivity contribution < 1.29 is 14.1 Å². The van der Waals surface area contributed by atoms with Gasteiger partial charge in [0.1, 0.15) is 0 Å². The number of halogens is 1. The monoisotopic (exact) mass is 266 g/mol. The minimum Gasteiger partial charge on any atom is -0.458 e. The number of hydrogen-bond acceptors (Lipinski definition) is 4. The molecule has 1 heterocycles. The van der Waals surface area contributed by atoms with Crippen molar-refractivity contribution in [2.45, 2.75) is 0 Å². The first kappa shape index (κ1) is 12.1. The van der Waals surface area contributed by atoms with E-state index in [1.54, 1.807) is 0 Å². The van der Waals surface area contributed by atoms with Gasteiger partial charge in [0.25, 0.3) is 11.6 Å². The Kier molecular flexibility index (Phi) is 3.29. The quantitative estimate of drug-likeness (QED) is 0.683. The van der Waals surface area contributed by atoms with E-state index in [1.807, 2.05) is 0 Å². The molecule has 92 valence electrons. The highest BCUT2D eigenvalue weighted by molar-refractivity contribution is 6.33. The first-order valence-corrected chi connectivity index (χ1v) is 5.24. The van der Waals surface area contributed by atoms with Crippen LogP contribution in [-0.4, -0.2) is 10.8 Å². The first-order chi connectivity index (χ1) is 8.58. The number of nitro groups is 1. The Labute approximate surface area is 106 Å². The van der Waals surface area contributed by atoms with Crippen molar-refractivity contribution in [2.24, 2.45) is 0 Å². The van der Waals surface area contributed by atoms with Gasteiger partial charge in [-0.15, -0.1) is 0 Å². The van der Waals surface area contributed by atoms with Gasteiger partial charge in [0.05, 0.1) is 16.2 Å². The van der Waals surface area contributed by atoms with E-state index in [-0.39, 0.29) is 16.5 Å². The zero-order valence-corrected chi connectivity index (χ0v) is 9.68. The highest BCUT2D eigenvalue weighted by atomic mass is 35.5. The number of carbonyl (C=O) groups is 1. The number of nitrogens with one attached hydrogen (secondary N) is 1. The van der Waals surface area contributed by atoms with Crippen LogP contribution in [0.25, 0.3) is 0 Å². The number of hydrogen-bond donors (Lipinski definition) is 1. The second kappa shape index (κ2) is 4.89. The van der Waals surface area contributed by atoms with E-state index < -0.39 is 10.8 Å². The molecule has 1 N–H and O–H groups in total. The second-order valence-corrected chi connectivity index (χ2v) is 3.77. The number of amides is 1. The van der Waals surface area contributed by atoms with Gasteiger partial charge < -0.3 is 9.73 Å².